The maximum Gasteiger partial charge on any atom is 0.417 e. The Labute approximate surface area is 146 Å². The number of carbonyl (C=O) groups excluding carboxylic acids is 2. The molecule has 0 aliphatic heterocycles. The van der Waals surface area contributed by atoms with Gasteiger partial charge in [-0.3, -0.25) is 9.59 Å². The second kappa shape index (κ2) is 8.15. The molecule has 2 aromatic carbocycles. The summed E-state index contributed by atoms with van der Waals surface area (Å²) < 4.78 is 43.6. The van der Waals surface area contributed by atoms with E-state index in [-0.39, 0.29) is 11.3 Å². The van der Waals surface area contributed by atoms with Crippen LogP contribution in [0, 0.1) is 0 Å². The molecule has 2 rings (SSSR count). The van der Waals surface area contributed by atoms with E-state index in [0.29, 0.717) is 5.75 Å². The molecule has 0 bridgehead atoms. The van der Waals surface area contributed by atoms with Crippen LogP contribution >= 0.6 is 0 Å². The predicted octanol–water partition coefficient (Wildman–Crippen LogP) is 2.80. The van der Waals surface area contributed by atoms with Crippen LogP contribution in [0.2, 0.25) is 0 Å². The molecule has 0 fully saturated rings. The summed E-state index contributed by atoms with van der Waals surface area (Å²) in [4.78, 5) is 23.5. The number of anilines is 1. The molecule has 0 radical (unpaired) electrons. The van der Waals surface area contributed by atoms with Gasteiger partial charge < -0.3 is 10.1 Å². The largest absolute Gasteiger partial charge is 0.495 e. The standard InChI is InChI=1S/C17H14F3N3O3/c1-26-14-9-5-4-8-13(14)22-15(24)16(25)23-21-10-11-6-2-3-7-12(11)17(18,19)20/h2-10H,1H3,(H,22,24)(H,23,25)/b21-10-. The van der Waals surface area contributed by atoms with Crippen LogP contribution in [0.25, 0.3) is 0 Å². The zero-order valence-electron chi connectivity index (χ0n) is 13.5. The Hall–Kier alpha value is -3.36. The van der Waals surface area contributed by atoms with Gasteiger partial charge in [-0.1, -0.05) is 30.3 Å². The zero-order chi connectivity index (χ0) is 19.2. The van der Waals surface area contributed by atoms with Crippen LogP contribution in [-0.2, 0) is 15.8 Å². The normalized spacial score (nSPS) is 11.2. The molecule has 0 saturated heterocycles. The number of nitrogens with zero attached hydrogens (tertiary/aromatic N) is 1. The van der Waals surface area contributed by atoms with Crippen molar-refractivity contribution < 1.29 is 27.5 Å². The molecule has 2 aromatic rings. The van der Waals surface area contributed by atoms with E-state index in [4.69, 9.17) is 4.74 Å². The van der Waals surface area contributed by atoms with Crippen molar-refractivity contribution in [3.05, 3.63) is 59.7 Å². The first-order valence-electron chi connectivity index (χ1n) is 7.26. The third kappa shape index (κ3) is 4.82. The molecule has 6 nitrogen and oxygen atoms in total. The van der Waals surface area contributed by atoms with Gasteiger partial charge in [0.05, 0.1) is 24.6 Å². The van der Waals surface area contributed by atoms with Crippen molar-refractivity contribution in [1.29, 1.82) is 0 Å². The predicted molar refractivity (Wildman–Crippen MR) is 88.8 cm³/mol. The maximum atomic E-state index is 12.9. The van der Waals surface area contributed by atoms with Gasteiger partial charge in [0.25, 0.3) is 0 Å². The van der Waals surface area contributed by atoms with Crippen molar-refractivity contribution in [3.8, 4) is 5.75 Å². The van der Waals surface area contributed by atoms with E-state index < -0.39 is 23.6 Å². The van der Waals surface area contributed by atoms with Crippen molar-refractivity contribution in [2.24, 2.45) is 5.10 Å². The second-order valence-corrected chi connectivity index (χ2v) is 4.94. The van der Waals surface area contributed by atoms with Crippen LogP contribution in [0.3, 0.4) is 0 Å². The fraction of sp³-hybridized carbons (Fsp3) is 0.118. The molecule has 2 amide bonds. The topological polar surface area (TPSA) is 79.8 Å². The van der Waals surface area contributed by atoms with Gasteiger partial charge in [0, 0.05) is 5.56 Å². The highest BCUT2D eigenvalue weighted by Gasteiger charge is 2.32. The van der Waals surface area contributed by atoms with E-state index in [9.17, 15) is 22.8 Å². The van der Waals surface area contributed by atoms with Gasteiger partial charge in [0.15, 0.2) is 0 Å². The summed E-state index contributed by atoms with van der Waals surface area (Å²) in [5.74, 6) is -1.84. The van der Waals surface area contributed by atoms with Crippen molar-refractivity contribution in [2.45, 2.75) is 6.18 Å². The third-order valence-corrected chi connectivity index (χ3v) is 3.20. The Morgan fingerprint density at radius 3 is 2.38 bits per heavy atom. The van der Waals surface area contributed by atoms with Gasteiger partial charge in [-0.2, -0.15) is 18.3 Å². The number of rotatable bonds is 4. The number of hydrazone groups is 1. The second-order valence-electron chi connectivity index (χ2n) is 4.94. The number of para-hydroxylation sites is 2. The molecule has 0 spiro atoms. The van der Waals surface area contributed by atoms with Crippen molar-refractivity contribution in [1.82, 2.24) is 5.43 Å². The highest BCUT2D eigenvalue weighted by Crippen LogP contribution is 2.31. The first-order valence-corrected chi connectivity index (χ1v) is 7.26. The summed E-state index contributed by atoms with van der Waals surface area (Å²) in [5.41, 5.74) is 0.992. The first kappa shape index (κ1) is 19.0. The van der Waals surface area contributed by atoms with E-state index in [2.05, 4.69) is 10.4 Å². The molecule has 0 saturated carbocycles. The van der Waals surface area contributed by atoms with Crippen molar-refractivity contribution >= 4 is 23.7 Å². The van der Waals surface area contributed by atoms with Gasteiger partial charge >= 0.3 is 18.0 Å². The van der Waals surface area contributed by atoms with Crippen LogP contribution in [0.4, 0.5) is 18.9 Å². The van der Waals surface area contributed by atoms with E-state index >= 15 is 0 Å². The molecule has 0 unspecified atom stereocenters. The summed E-state index contributed by atoms with van der Waals surface area (Å²) in [7, 11) is 1.40. The number of ether oxygens (including phenoxy) is 1. The zero-order valence-corrected chi connectivity index (χ0v) is 13.5. The van der Waals surface area contributed by atoms with Gasteiger partial charge in [0.2, 0.25) is 0 Å². The Kier molecular flexibility index (Phi) is 5.94. The summed E-state index contributed by atoms with van der Waals surface area (Å²) in [6, 6.07) is 11.1. The number of halogens is 3. The van der Waals surface area contributed by atoms with Gasteiger partial charge in [-0.05, 0) is 18.2 Å². The molecular weight excluding hydrogens is 351 g/mol. The molecule has 0 aromatic heterocycles. The van der Waals surface area contributed by atoms with Crippen LogP contribution < -0.4 is 15.5 Å². The molecule has 2 N–H and O–H groups in total. The number of amides is 2. The van der Waals surface area contributed by atoms with E-state index in [1.807, 2.05) is 5.43 Å². The van der Waals surface area contributed by atoms with Gasteiger partial charge in [-0.15, -0.1) is 0 Å². The lowest BCUT2D eigenvalue weighted by Gasteiger charge is -2.09. The van der Waals surface area contributed by atoms with Crippen LogP contribution in [0.1, 0.15) is 11.1 Å². The van der Waals surface area contributed by atoms with E-state index in [0.717, 1.165) is 12.3 Å². The minimum absolute atomic E-state index is 0.245. The number of carbonyl (C=O) groups is 2. The summed E-state index contributed by atoms with van der Waals surface area (Å²) in [6.07, 6.45) is -3.75. The number of hydrogen-bond donors (Lipinski definition) is 2. The molecule has 0 aliphatic rings. The highest BCUT2D eigenvalue weighted by molar-refractivity contribution is 6.39. The fourth-order valence-electron chi connectivity index (χ4n) is 2.01. The average molecular weight is 365 g/mol. The lowest BCUT2D eigenvalue weighted by atomic mass is 10.1. The molecule has 0 atom stereocenters. The minimum atomic E-state index is -4.56. The number of hydrogen-bond acceptors (Lipinski definition) is 4. The van der Waals surface area contributed by atoms with Gasteiger partial charge in [-0.25, -0.2) is 5.43 Å². The number of methoxy groups -OCH3 is 1. The monoisotopic (exact) mass is 365 g/mol. The number of benzene rings is 2. The lowest BCUT2D eigenvalue weighted by Crippen LogP contribution is -2.32. The molecule has 136 valence electrons. The fourth-order valence-corrected chi connectivity index (χ4v) is 2.01. The molecule has 0 aliphatic carbocycles. The van der Waals surface area contributed by atoms with Crippen LogP contribution in [0.5, 0.6) is 5.75 Å². The summed E-state index contributed by atoms with van der Waals surface area (Å²) >= 11 is 0. The third-order valence-electron chi connectivity index (χ3n) is 3.20. The van der Waals surface area contributed by atoms with Crippen LogP contribution in [0.15, 0.2) is 53.6 Å². The molecule has 9 heteroatoms. The Bertz CT molecular complexity index is 835. The van der Waals surface area contributed by atoms with Gasteiger partial charge in [0.1, 0.15) is 5.75 Å². The average Bonchev–Trinajstić information content (AvgIpc) is 2.61. The van der Waals surface area contributed by atoms with Crippen molar-refractivity contribution in [2.75, 3.05) is 12.4 Å². The number of nitrogens with one attached hydrogen (secondary N) is 2. The van der Waals surface area contributed by atoms with E-state index in [1.165, 1.54) is 31.4 Å². The quantitative estimate of drug-likeness (QED) is 0.497. The van der Waals surface area contributed by atoms with E-state index in [1.54, 1.807) is 18.2 Å². The summed E-state index contributed by atoms with van der Waals surface area (Å²) in [5, 5.41) is 5.72. The molecular formula is C17H14F3N3O3. The smallest absolute Gasteiger partial charge is 0.417 e. The molecule has 0 heterocycles. The molecule has 26 heavy (non-hydrogen) atoms. The highest BCUT2D eigenvalue weighted by atomic mass is 19.4. The lowest BCUT2D eigenvalue weighted by molar-refractivity contribution is -0.137. The number of alkyl halides is 3. The first-order chi connectivity index (χ1) is 12.3. The Morgan fingerprint density at radius 1 is 1.04 bits per heavy atom. The van der Waals surface area contributed by atoms with Crippen molar-refractivity contribution in [3.63, 3.8) is 0 Å². The summed E-state index contributed by atoms with van der Waals surface area (Å²) in [6.45, 7) is 0. The SMILES string of the molecule is COc1ccccc1NC(=O)C(=O)N/N=C\c1ccccc1C(F)(F)F. The Morgan fingerprint density at radius 2 is 1.69 bits per heavy atom. The maximum absolute atomic E-state index is 12.9. The van der Waals surface area contributed by atoms with Crippen LogP contribution in [-0.4, -0.2) is 25.1 Å². The Balaban J connectivity index is 2.03. The minimum Gasteiger partial charge on any atom is -0.495 e.